The maximum absolute atomic E-state index is 11.3. The van der Waals surface area contributed by atoms with E-state index in [1.165, 1.54) is 11.9 Å². The van der Waals surface area contributed by atoms with Gasteiger partial charge in [-0.25, -0.2) is 9.69 Å². The second kappa shape index (κ2) is 4.65. The van der Waals surface area contributed by atoms with Gasteiger partial charge in [-0.05, 0) is 25.5 Å². The standard InChI is InChI=1S/C11H16N4O/c1-7-4-5-9(8(2)6-7)15(11(13)16)10(12)14-3/h4-6H,1-3H3,(H2,12,14)(H2,13,16). The highest BCUT2D eigenvalue weighted by atomic mass is 16.2. The van der Waals surface area contributed by atoms with E-state index >= 15 is 0 Å². The number of aryl methyl sites for hydroxylation is 2. The SMILES string of the molecule is CN=C(N)N(C(N)=O)c1ccc(C)cc1C. The van der Waals surface area contributed by atoms with E-state index < -0.39 is 6.03 Å². The lowest BCUT2D eigenvalue weighted by Crippen LogP contribution is -2.45. The zero-order valence-corrected chi connectivity index (χ0v) is 9.69. The molecule has 1 rings (SSSR count). The number of carbonyl (C=O) groups excluding carboxylic acids is 1. The minimum atomic E-state index is -0.643. The Morgan fingerprint density at radius 1 is 1.31 bits per heavy atom. The summed E-state index contributed by atoms with van der Waals surface area (Å²) in [5, 5.41) is 0. The minimum absolute atomic E-state index is 0.0828. The summed E-state index contributed by atoms with van der Waals surface area (Å²) in [6.45, 7) is 3.86. The predicted octanol–water partition coefficient (Wildman–Crippen LogP) is 1.13. The molecule has 4 N–H and O–H groups in total. The largest absolute Gasteiger partial charge is 0.369 e. The first-order chi connectivity index (χ1) is 7.47. The molecule has 0 radical (unpaired) electrons. The van der Waals surface area contributed by atoms with Crippen molar-refractivity contribution in [2.24, 2.45) is 16.5 Å². The third kappa shape index (κ3) is 2.31. The van der Waals surface area contributed by atoms with Crippen LogP contribution in [0.3, 0.4) is 0 Å². The number of hydrogen-bond acceptors (Lipinski definition) is 2. The molecule has 0 heterocycles. The van der Waals surface area contributed by atoms with E-state index in [1.807, 2.05) is 26.0 Å². The molecule has 0 saturated heterocycles. The molecule has 5 nitrogen and oxygen atoms in total. The van der Waals surface area contributed by atoms with Gasteiger partial charge in [0.25, 0.3) is 0 Å². The Morgan fingerprint density at radius 3 is 2.38 bits per heavy atom. The molecule has 2 amide bonds. The van der Waals surface area contributed by atoms with Gasteiger partial charge in [0, 0.05) is 7.05 Å². The lowest BCUT2D eigenvalue weighted by molar-refractivity contribution is 0.256. The summed E-state index contributed by atoms with van der Waals surface area (Å²) in [6.07, 6.45) is 0. The molecule has 0 bridgehead atoms. The first kappa shape index (κ1) is 12.0. The van der Waals surface area contributed by atoms with Crippen LogP contribution in [0, 0.1) is 13.8 Å². The fraction of sp³-hybridized carbons (Fsp3) is 0.273. The van der Waals surface area contributed by atoms with Crippen LogP contribution < -0.4 is 16.4 Å². The van der Waals surface area contributed by atoms with Gasteiger partial charge >= 0.3 is 6.03 Å². The van der Waals surface area contributed by atoms with Gasteiger partial charge in [0.2, 0.25) is 5.96 Å². The van der Waals surface area contributed by atoms with Crippen molar-refractivity contribution >= 4 is 17.7 Å². The maximum atomic E-state index is 11.3. The molecule has 0 aliphatic heterocycles. The van der Waals surface area contributed by atoms with Crippen LogP contribution in [-0.2, 0) is 0 Å². The summed E-state index contributed by atoms with van der Waals surface area (Å²) in [7, 11) is 1.51. The number of aliphatic imine (C=N–C) groups is 1. The first-order valence-corrected chi connectivity index (χ1v) is 4.86. The van der Waals surface area contributed by atoms with Crippen molar-refractivity contribution < 1.29 is 4.79 Å². The monoisotopic (exact) mass is 220 g/mol. The first-order valence-electron chi connectivity index (χ1n) is 4.86. The molecule has 0 aromatic heterocycles. The third-order valence-corrected chi connectivity index (χ3v) is 2.27. The molecule has 0 aliphatic carbocycles. The Labute approximate surface area is 94.8 Å². The molecule has 86 valence electrons. The number of hydrogen-bond donors (Lipinski definition) is 2. The van der Waals surface area contributed by atoms with Crippen molar-refractivity contribution in [2.45, 2.75) is 13.8 Å². The Balaban J connectivity index is 3.27. The predicted molar refractivity (Wildman–Crippen MR) is 65.5 cm³/mol. The Hall–Kier alpha value is -2.04. The lowest BCUT2D eigenvalue weighted by Gasteiger charge is -2.21. The Bertz CT molecular complexity index is 440. The molecule has 0 aliphatic rings. The van der Waals surface area contributed by atoms with Crippen molar-refractivity contribution in [3.8, 4) is 0 Å². The van der Waals surface area contributed by atoms with Crippen molar-refractivity contribution in [1.82, 2.24) is 0 Å². The van der Waals surface area contributed by atoms with Crippen LogP contribution in [0.25, 0.3) is 0 Å². The van der Waals surface area contributed by atoms with E-state index in [4.69, 9.17) is 11.5 Å². The summed E-state index contributed by atoms with van der Waals surface area (Å²) < 4.78 is 0. The molecular weight excluding hydrogens is 204 g/mol. The number of nitrogens with two attached hydrogens (primary N) is 2. The number of rotatable bonds is 1. The van der Waals surface area contributed by atoms with Gasteiger partial charge in [0.15, 0.2) is 0 Å². The molecular formula is C11H16N4O. The van der Waals surface area contributed by atoms with E-state index in [-0.39, 0.29) is 5.96 Å². The number of nitrogens with zero attached hydrogens (tertiary/aromatic N) is 2. The number of anilines is 1. The number of urea groups is 1. The smallest absolute Gasteiger partial charge is 0.326 e. The van der Waals surface area contributed by atoms with E-state index in [2.05, 4.69) is 4.99 Å². The molecule has 5 heteroatoms. The number of benzene rings is 1. The van der Waals surface area contributed by atoms with Crippen molar-refractivity contribution in [3.63, 3.8) is 0 Å². The minimum Gasteiger partial charge on any atom is -0.369 e. The molecule has 0 spiro atoms. The second-order valence-electron chi connectivity index (χ2n) is 3.55. The molecule has 0 atom stereocenters. The summed E-state index contributed by atoms with van der Waals surface area (Å²) in [5.74, 6) is 0.0828. The summed E-state index contributed by atoms with van der Waals surface area (Å²) in [5.41, 5.74) is 13.6. The summed E-state index contributed by atoms with van der Waals surface area (Å²) >= 11 is 0. The third-order valence-electron chi connectivity index (χ3n) is 2.27. The van der Waals surface area contributed by atoms with Crippen LogP contribution in [-0.4, -0.2) is 19.0 Å². The van der Waals surface area contributed by atoms with Crippen molar-refractivity contribution in [3.05, 3.63) is 29.3 Å². The highest BCUT2D eigenvalue weighted by molar-refractivity contribution is 6.14. The van der Waals surface area contributed by atoms with Crippen LogP contribution in [0.2, 0.25) is 0 Å². The average molecular weight is 220 g/mol. The second-order valence-corrected chi connectivity index (χ2v) is 3.55. The van der Waals surface area contributed by atoms with Gasteiger partial charge in [-0.3, -0.25) is 4.99 Å². The Kier molecular flexibility index (Phi) is 3.50. The van der Waals surface area contributed by atoms with E-state index in [9.17, 15) is 4.79 Å². The van der Waals surface area contributed by atoms with Gasteiger partial charge < -0.3 is 11.5 Å². The van der Waals surface area contributed by atoms with Crippen LogP contribution in [0.5, 0.6) is 0 Å². The highest BCUT2D eigenvalue weighted by Gasteiger charge is 2.17. The average Bonchev–Trinajstić information content (AvgIpc) is 2.21. The zero-order valence-electron chi connectivity index (χ0n) is 9.69. The van der Waals surface area contributed by atoms with E-state index in [0.717, 1.165) is 11.1 Å². The number of amides is 2. The fourth-order valence-electron chi connectivity index (χ4n) is 1.51. The number of primary amides is 1. The van der Waals surface area contributed by atoms with Gasteiger partial charge in [0.05, 0.1) is 5.69 Å². The summed E-state index contributed by atoms with van der Waals surface area (Å²) in [6, 6.07) is 5.00. The lowest BCUT2D eigenvalue weighted by atomic mass is 10.1. The number of guanidine groups is 1. The van der Waals surface area contributed by atoms with Gasteiger partial charge in [-0.1, -0.05) is 17.7 Å². The molecule has 0 saturated carbocycles. The van der Waals surface area contributed by atoms with E-state index in [1.54, 1.807) is 6.07 Å². The molecule has 0 unspecified atom stereocenters. The zero-order chi connectivity index (χ0) is 12.3. The molecule has 0 fully saturated rings. The fourth-order valence-corrected chi connectivity index (χ4v) is 1.51. The summed E-state index contributed by atoms with van der Waals surface area (Å²) in [4.78, 5) is 16.3. The van der Waals surface area contributed by atoms with Crippen LogP contribution in [0.15, 0.2) is 23.2 Å². The topological polar surface area (TPSA) is 84.7 Å². The van der Waals surface area contributed by atoms with Crippen molar-refractivity contribution in [1.29, 1.82) is 0 Å². The quantitative estimate of drug-likeness (QED) is 0.549. The molecule has 1 aromatic rings. The van der Waals surface area contributed by atoms with Gasteiger partial charge in [0.1, 0.15) is 0 Å². The van der Waals surface area contributed by atoms with Crippen molar-refractivity contribution in [2.75, 3.05) is 11.9 Å². The van der Waals surface area contributed by atoms with Crippen LogP contribution >= 0.6 is 0 Å². The van der Waals surface area contributed by atoms with Gasteiger partial charge in [-0.15, -0.1) is 0 Å². The molecule has 1 aromatic carbocycles. The highest BCUT2D eigenvalue weighted by Crippen LogP contribution is 2.20. The number of carbonyl (C=O) groups is 1. The molecule has 16 heavy (non-hydrogen) atoms. The Morgan fingerprint density at radius 2 is 1.94 bits per heavy atom. The van der Waals surface area contributed by atoms with E-state index in [0.29, 0.717) is 5.69 Å². The van der Waals surface area contributed by atoms with Crippen LogP contribution in [0.4, 0.5) is 10.5 Å². The van der Waals surface area contributed by atoms with Crippen LogP contribution in [0.1, 0.15) is 11.1 Å². The maximum Gasteiger partial charge on any atom is 0.326 e. The van der Waals surface area contributed by atoms with Gasteiger partial charge in [-0.2, -0.15) is 0 Å². The normalized spacial score (nSPS) is 11.3.